The van der Waals surface area contributed by atoms with Gasteiger partial charge in [0, 0.05) is 6.42 Å². The van der Waals surface area contributed by atoms with Crippen LogP contribution in [-0.2, 0) is 9.53 Å². The van der Waals surface area contributed by atoms with Crippen LogP contribution in [0.25, 0.3) is 0 Å². The molecule has 0 aliphatic rings. The van der Waals surface area contributed by atoms with Gasteiger partial charge in [0.1, 0.15) is 13.2 Å². The summed E-state index contributed by atoms with van der Waals surface area (Å²) in [5.41, 5.74) is 0. The molecule has 0 aromatic rings. The van der Waals surface area contributed by atoms with E-state index in [0.29, 0.717) is 6.42 Å². The maximum Gasteiger partial charge on any atom is 0.306 e. The van der Waals surface area contributed by atoms with Crippen LogP contribution in [-0.4, -0.2) is 59.1 Å². The molecule has 0 aliphatic heterocycles. The topological polar surface area (TPSA) is 87.0 Å². The highest BCUT2D eigenvalue weighted by atomic mass is 16.5. The maximum atomic E-state index is 11.1. The van der Waals surface area contributed by atoms with Crippen LogP contribution in [0.5, 0.6) is 0 Å². The second-order valence-electron chi connectivity index (χ2n) is 3.54. The van der Waals surface area contributed by atoms with Crippen molar-refractivity contribution in [2.45, 2.75) is 12.8 Å². The number of aliphatic hydroxyl groups is 3. The minimum absolute atomic E-state index is 0.0532. The number of hydrogen-bond donors (Lipinski definition) is 3. The molecule has 94 valence electrons. The maximum absolute atomic E-state index is 11.1. The van der Waals surface area contributed by atoms with Crippen molar-refractivity contribution in [3.05, 3.63) is 12.7 Å². The lowest BCUT2D eigenvalue weighted by Crippen LogP contribution is -2.52. The lowest BCUT2D eigenvalue weighted by atomic mass is 10.3. The zero-order valence-corrected chi connectivity index (χ0v) is 9.34. The fourth-order valence-electron chi connectivity index (χ4n) is 0.992. The molecule has 0 rings (SSSR count). The van der Waals surface area contributed by atoms with Crippen molar-refractivity contribution in [1.29, 1.82) is 0 Å². The average Bonchev–Trinajstić information content (AvgIpc) is 2.33. The number of allylic oxidation sites excluding steroid dienone is 1. The number of carbonyl (C=O) groups is 1. The Kier molecular flexibility index (Phi) is 7.74. The predicted octanol–water partition coefficient (Wildman–Crippen LogP) is -0.838. The molecule has 0 bridgehead atoms. The molecule has 16 heavy (non-hydrogen) atoms. The van der Waals surface area contributed by atoms with Crippen LogP contribution in [0.15, 0.2) is 12.7 Å². The first-order chi connectivity index (χ1) is 7.64. The highest BCUT2D eigenvalue weighted by Gasteiger charge is 2.24. The predicted molar refractivity (Wildman–Crippen MR) is 56.8 cm³/mol. The minimum Gasteiger partial charge on any atom is -0.460 e. The number of nitrogens with zero attached hydrogens (tertiary/aromatic N) is 1. The highest BCUT2D eigenvalue weighted by molar-refractivity contribution is 5.69. The van der Waals surface area contributed by atoms with Crippen molar-refractivity contribution < 1.29 is 29.3 Å². The Morgan fingerprint density at radius 1 is 1.25 bits per heavy atom. The fourth-order valence-corrected chi connectivity index (χ4v) is 0.992. The molecule has 0 aliphatic carbocycles. The van der Waals surface area contributed by atoms with Crippen molar-refractivity contribution in [3.8, 4) is 0 Å². The lowest BCUT2D eigenvalue weighted by Gasteiger charge is -2.31. The molecule has 0 radical (unpaired) electrons. The summed E-state index contributed by atoms with van der Waals surface area (Å²) in [5, 5.41) is 26.9. The second kappa shape index (κ2) is 8.23. The Morgan fingerprint density at radius 3 is 2.25 bits per heavy atom. The summed E-state index contributed by atoms with van der Waals surface area (Å²) in [5.74, 6) is -0.355. The van der Waals surface area contributed by atoms with Gasteiger partial charge in [-0.2, -0.15) is 0 Å². The van der Waals surface area contributed by atoms with E-state index in [1.807, 2.05) is 0 Å². The largest absolute Gasteiger partial charge is 0.460 e. The number of aliphatic hydroxyl groups excluding tert-OH is 3. The zero-order chi connectivity index (χ0) is 12.4. The molecular weight excluding hydrogens is 214 g/mol. The van der Waals surface area contributed by atoms with Gasteiger partial charge < -0.3 is 20.1 Å². The molecule has 0 amide bonds. The number of rotatable bonds is 9. The first-order valence-corrected chi connectivity index (χ1v) is 5.08. The Morgan fingerprint density at radius 2 is 1.81 bits per heavy atom. The quantitative estimate of drug-likeness (QED) is 0.210. The first kappa shape index (κ1) is 15.0. The number of hydrogen-bond acceptors (Lipinski definition) is 5. The highest BCUT2D eigenvalue weighted by Crippen LogP contribution is 2.02. The third-order valence-corrected chi connectivity index (χ3v) is 2.28. The summed E-state index contributed by atoms with van der Waals surface area (Å²) in [4.78, 5) is 11.1. The van der Waals surface area contributed by atoms with Crippen molar-refractivity contribution in [3.63, 3.8) is 0 Å². The van der Waals surface area contributed by atoms with Gasteiger partial charge >= 0.3 is 5.97 Å². The van der Waals surface area contributed by atoms with Crippen LogP contribution < -0.4 is 0 Å². The van der Waals surface area contributed by atoms with Gasteiger partial charge in [-0.25, -0.2) is 0 Å². The van der Waals surface area contributed by atoms with Crippen LogP contribution in [0.4, 0.5) is 0 Å². The summed E-state index contributed by atoms with van der Waals surface area (Å²) >= 11 is 0. The third kappa shape index (κ3) is 5.22. The molecule has 0 heterocycles. The average molecular weight is 234 g/mol. The van der Waals surface area contributed by atoms with E-state index in [-0.39, 0.29) is 30.0 Å². The summed E-state index contributed by atoms with van der Waals surface area (Å²) < 4.78 is 4.56. The van der Waals surface area contributed by atoms with Crippen LogP contribution in [0.3, 0.4) is 0 Å². The third-order valence-electron chi connectivity index (χ3n) is 2.28. The molecule has 6 nitrogen and oxygen atoms in total. The van der Waals surface area contributed by atoms with E-state index >= 15 is 0 Å². The van der Waals surface area contributed by atoms with Crippen LogP contribution >= 0.6 is 0 Å². The monoisotopic (exact) mass is 234 g/mol. The standard InChI is InChI=1S/C10H20NO5/c1-2-3-4-10(15)16-6-5-11(7-12,8-13)9-14/h2,12-14H,1,3-9H2/q+1. The van der Waals surface area contributed by atoms with Gasteiger partial charge in [-0.1, -0.05) is 6.08 Å². The van der Waals surface area contributed by atoms with Gasteiger partial charge in [0.15, 0.2) is 20.2 Å². The summed E-state index contributed by atoms with van der Waals surface area (Å²) in [6.45, 7) is 2.49. The van der Waals surface area contributed by atoms with Crippen molar-refractivity contribution in [2.24, 2.45) is 0 Å². The molecule has 3 N–H and O–H groups in total. The molecule has 0 atom stereocenters. The molecular formula is C10H20NO5+. The van der Waals surface area contributed by atoms with Gasteiger partial charge in [0.05, 0.1) is 0 Å². The van der Waals surface area contributed by atoms with E-state index in [1.165, 1.54) is 0 Å². The molecule has 0 unspecified atom stereocenters. The molecule has 0 saturated heterocycles. The smallest absolute Gasteiger partial charge is 0.306 e. The van der Waals surface area contributed by atoms with Gasteiger partial charge in [-0.15, -0.1) is 6.58 Å². The second-order valence-corrected chi connectivity index (χ2v) is 3.54. The van der Waals surface area contributed by atoms with E-state index in [4.69, 9.17) is 20.1 Å². The van der Waals surface area contributed by atoms with Crippen LogP contribution in [0, 0.1) is 0 Å². The number of carbonyl (C=O) groups excluding carboxylic acids is 1. The molecule has 6 heteroatoms. The molecule has 0 saturated carbocycles. The molecule has 0 fully saturated rings. The molecule has 0 spiro atoms. The Balaban J connectivity index is 3.85. The summed E-state index contributed by atoms with van der Waals surface area (Å²) in [6.07, 6.45) is 2.44. The number of esters is 1. The van der Waals surface area contributed by atoms with E-state index in [2.05, 4.69) is 6.58 Å². The Labute approximate surface area is 95.0 Å². The van der Waals surface area contributed by atoms with E-state index < -0.39 is 20.2 Å². The van der Waals surface area contributed by atoms with E-state index in [0.717, 1.165) is 0 Å². The SMILES string of the molecule is C=CCCC(=O)OCC[N+](CO)(CO)CO. The van der Waals surface area contributed by atoms with Crippen LogP contribution in [0.1, 0.15) is 12.8 Å². The number of ether oxygens (including phenoxy) is 1. The van der Waals surface area contributed by atoms with E-state index in [1.54, 1.807) is 6.08 Å². The Hall–Kier alpha value is -0.950. The van der Waals surface area contributed by atoms with Crippen molar-refractivity contribution in [1.82, 2.24) is 0 Å². The lowest BCUT2D eigenvalue weighted by molar-refractivity contribution is -0.976. The minimum atomic E-state index is -0.406. The van der Waals surface area contributed by atoms with Crippen molar-refractivity contribution >= 4 is 5.97 Å². The first-order valence-electron chi connectivity index (χ1n) is 5.08. The Bertz CT molecular complexity index is 207. The van der Waals surface area contributed by atoms with Crippen LogP contribution in [0.2, 0.25) is 0 Å². The zero-order valence-electron chi connectivity index (χ0n) is 9.34. The van der Waals surface area contributed by atoms with Gasteiger partial charge in [0.2, 0.25) is 0 Å². The van der Waals surface area contributed by atoms with Gasteiger partial charge in [-0.3, -0.25) is 9.28 Å². The van der Waals surface area contributed by atoms with Gasteiger partial charge in [-0.05, 0) is 6.42 Å². The van der Waals surface area contributed by atoms with Gasteiger partial charge in [0.25, 0.3) is 0 Å². The number of quaternary nitrogens is 1. The van der Waals surface area contributed by atoms with E-state index in [9.17, 15) is 4.79 Å². The normalized spacial score (nSPS) is 11.2. The molecule has 0 aromatic heterocycles. The fraction of sp³-hybridized carbons (Fsp3) is 0.700. The summed E-state index contributed by atoms with van der Waals surface area (Å²) in [6, 6.07) is 0. The molecule has 0 aromatic carbocycles. The van der Waals surface area contributed by atoms with Crippen molar-refractivity contribution in [2.75, 3.05) is 33.3 Å². The summed E-state index contributed by atoms with van der Waals surface area (Å²) in [7, 11) is 0.